The molecular weight excluding hydrogens is 266 g/mol. The zero-order valence-electron chi connectivity index (χ0n) is 12.1. The van der Waals surface area contributed by atoms with Crippen LogP contribution >= 0.6 is 0 Å². The Labute approximate surface area is 124 Å². The van der Waals surface area contributed by atoms with Gasteiger partial charge in [-0.1, -0.05) is 23.4 Å². The molecule has 2 heterocycles. The predicted molar refractivity (Wildman–Crippen MR) is 80.2 cm³/mol. The monoisotopic (exact) mass is 287 g/mol. The van der Waals surface area contributed by atoms with Gasteiger partial charge in [0.1, 0.15) is 0 Å². The fourth-order valence-electron chi connectivity index (χ4n) is 2.52. The van der Waals surface area contributed by atoms with Gasteiger partial charge >= 0.3 is 0 Å². The molecular formula is C16H21N3O2. The molecule has 112 valence electrons. The number of ether oxygens (including phenoxy) is 1. The summed E-state index contributed by atoms with van der Waals surface area (Å²) in [6, 6.07) is 10.1. The van der Waals surface area contributed by atoms with Gasteiger partial charge in [0, 0.05) is 31.7 Å². The van der Waals surface area contributed by atoms with E-state index < -0.39 is 0 Å². The Kier molecular flexibility index (Phi) is 4.84. The maximum atomic E-state index is 5.70. The summed E-state index contributed by atoms with van der Waals surface area (Å²) < 4.78 is 11.0. The van der Waals surface area contributed by atoms with Crippen molar-refractivity contribution in [3.05, 3.63) is 42.0 Å². The number of aromatic nitrogens is 2. The molecule has 1 atom stereocenters. The van der Waals surface area contributed by atoms with Crippen LogP contribution in [-0.2, 0) is 17.6 Å². The molecule has 0 radical (unpaired) electrons. The van der Waals surface area contributed by atoms with Gasteiger partial charge < -0.3 is 14.6 Å². The number of anilines is 1. The van der Waals surface area contributed by atoms with Crippen LogP contribution in [0, 0.1) is 0 Å². The lowest BCUT2D eigenvalue weighted by molar-refractivity contribution is 0.0153. The van der Waals surface area contributed by atoms with Crippen molar-refractivity contribution in [3.8, 4) is 0 Å². The Morgan fingerprint density at radius 3 is 2.90 bits per heavy atom. The van der Waals surface area contributed by atoms with Crippen molar-refractivity contribution < 1.29 is 9.26 Å². The molecule has 1 aliphatic rings. The highest BCUT2D eigenvalue weighted by Crippen LogP contribution is 2.16. The Balaban J connectivity index is 1.44. The quantitative estimate of drug-likeness (QED) is 0.885. The Morgan fingerprint density at radius 1 is 1.19 bits per heavy atom. The zero-order chi connectivity index (χ0) is 14.3. The number of hydrogen-bond acceptors (Lipinski definition) is 5. The van der Waals surface area contributed by atoms with E-state index in [1.165, 1.54) is 12.8 Å². The first-order valence-corrected chi connectivity index (χ1v) is 7.62. The molecule has 5 nitrogen and oxygen atoms in total. The van der Waals surface area contributed by atoms with Crippen molar-refractivity contribution in [2.45, 2.75) is 38.2 Å². The van der Waals surface area contributed by atoms with E-state index in [9.17, 15) is 0 Å². The lowest BCUT2D eigenvalue weighted by Crippen LogP contribution is -2.21. The number of nitrogens with one attached hydrogen (secondary N) is 1. The molecule has 1 unspecified atom stereocenters. The average Bonchev–Trinajstić information content (AvgIpc) is 2.97. The molecule has 1 aromatic heterocycles. The van der Waals surface area contributed by atoms with E-state index in [2.05, 4.69) is 15.5 Å². The summed E-state index contributed by atoms with van der Waals surface area (Å²) in [6.07, 6.45) is 5.24. The zero-order valence-corrected chi connectivity index (χ0v) is 12.1. The Hall–Kier alpha value is -1.88. The largest absolute Gasteiger partial charge is 0.385 e. The van der Waals surface area contributed by atoms with Gasteiger partial charge in [-0.3, -0.25) is 0 Å². The summed E-state index contributed by atoms with van der Waals surface area (Å²) in [5.74, 6) is 1.45. The third kappa shape index (κ3) is 4.29. The minimum atomic E-state index is 0.256. The summed E-state index contributed by atoms with van der Waals surface area (Å²) in [6.45, 7) is 1.64. The highest BCUT2D eigenvalue weighted by Gasteiger charge is 2.17. The van der Waals surface area contributed by atoms with Crippen LogP contribution in [0.1, 0.15) is 31.0 Å². The molecule has 0 spiro atoms. The second kappa shape index (κ2) is 7.22. The highest BCUT2D eigenvalue weighted by molar-refractivity contribution is 5.42. The third-order valence-corrected chi connectivity index (χ3v) is 3.64. The van der Waals surface area contributed by atoms with Crippen LogP contribution in [-0.4, -0.2) is 29.4 Å². The molecule has 2 aromatic rings. The van der Waals surface area contributed by atoms with Crippen molar-refractivity contribution in [3.63, 3.8) is 0 Å². The second-order valence-corrected chi connectivity index (χ2v) is 5.34. The molecule has 1 aromatic carbocycles. The number of rotatable bonds is 6. The molecule has 0 amide bonds. The predicted octanol–water partition coefficient (Wildman–Crippen LogP) is 2.84. The lowest BCUT2D eigenvalue weighted by atomic mass is 10.1. The fraction of sp³-hybridized carbons (Fsp3) is 0.500. The van der Waals surface area contributed by atoms with Crippen LogP contribution < -0.4 is 5.32 Å². The highest BCUT2D eigenvalue weighted by atomic mass is 16.5. The first kappa shape index (κ1) is 14.1. The van der Waals surface area contributed by atoms with Crippen molar-refractivity contribution >= 4 is 5.69 Å². The van der Waals surface area contributed by atoms with Gasteiger partial charge in [0.25, 0.3) is 0 Å². The molecule has 1 N–H and O–H groups in total. The molecule has 21 heavy (non-hydrogen) atoms. The minimum absolute atomic E-state index is 0.256. The summed E-state index contributed by atoms with van der Waals surface area (Å²) in [4.78, 5) is 4.44. The van der Waals surface area contributed by atoms with Crippen molar-refractivity contribution in [2.75, 3.05) is 18.5 Å². The maximum Gasteiger partial charge on any atom is 0.228 e. The molecule has 0 saturated carbocycles. The fourth-order valence-corrected chi connectivity index (χ4v) is 2.52. The number of para-hydroxylation sites is 1. The van der Waals surface area contributed by atoms with Crippen LogP contribution in [0.25, 0.3) is 0 Å². The van der Waals surface area contributed by atoms with E-state index in [0.29, 0.717) is 5.89 Å². The molecule has 5 heteroatoms. The molecule has 0 bridgehead atoms. The van der Waals surface area contributed by atoms with Crippen LogP contribution in [0.4, 0.5) is 5.69 Å². The molecule has 1 fully saturated rings. The van der Waals surface area contributed by atoms with E-state index in [0.717, 1.165) is 43.9 Å². The Morgan fingerprint density at radius 2 is 2.10 bits per heavy atom. The van der Waals surface area contributed by atoms with Crippen molar-refractivity contribution in [1.29, 1.82) is 0 Å². The van der Waals surface area contributed by atoms with Crippen LogP contribution in [0.2, 0.25) is 0 Å². The van der Waals surface area contributed by atoms with E-state index >= 15 is 0 Å². The van der Waals surface area contributed by atoms with Gasteiger partial charge in [-0.2, -0.15) is 4.98 Å². The summed E-state index contributed by atoms with van der Waals surface area (Å²) in [5, 5.41) is 7.37. The van der Waals surface area contributed by atoms with Crippen molar-refractivity contribution in [1.82, 2.24) is 10.1 Å². The normalized spacial score (nSPS) is 18.6. The van der Waals surface area contributed by atoms with Gasteiger partial charge in [-0.15, -0.1) is 0 Å². The lowest BCUT2D eigenvalue weighted by Gasteiger charge is -2.20. The summed E-state index contributed by atoms with van der Waals surface area (Å²) >= 11 is 0. The third-order valence-electron chi connectivity index (χ3n) is 3.64. The number of hydrogen-bond donors (Lipinski definition) is 1. The first-order chi connectivity index (χ1) is 10.4. The van der Waals surface area contributed by atoms with Gasteiger partial charge in [0.2, 0.25) is 5.89 Å². The minimum Gasteiger partial charge on any atom is -0.385 e. The van der Waals surface area contributed by atoms with Crippen LogP contribution in [0.5, 0.6) is 0 Å². The molecule has 1 aliphatic heterocycles. The van der Waals surface area contributed by atoms with Crippen LogP contribution in [0.3, 0.4) is 0 Å². The van der Waals surface area contributed by atoms with E-state index in [4.69, 9.17) is 9.26 Å². The van der Waals surface area contributed by atoms with Crippen molar-refractivity contribution in [2.24, 2.45) is 0 Å². The SMILES string of the molecule is c1ccc(NCCc2nc(CC3CCCCO3)no2)cc1. The summed E-state index contributed by atoms with van der Waals surface area (Å²) in [5.41, 5.74) is 1.10. The standard InChI is InChI=1S/C16H21N3O2/c1-2-6-13(7-3-1)17-10-9-16-18-15(19-21-16)12-14-8-4-5-11-20-14/h1-3,6-7,14,17H,4-5,8-12H2. The number of nitrogens with zero attached hydrogens (tertiary/aromatic N) is 2. The molecule has 3 rings (SSSR count). The molecule has 1 saturated heterocycles. The smallest absolute Gasteiger partial charge is 0.228 e. The van der Waals surface area contributed by atoms with Gasteiger partial charge in [0.15, 0.2) is 5.82 Å². The second-order valence-electron chi connectivity index (χ2n) is 5.34. The maximum absolute atomic E-state index is 5.70. The first-order valence-electron chi connectivity index (χ1n) is 7.62. The van der Waals surface area contributed by atoms with Crippen LogP contribution in [0.15, 0.2) is 34.9 Å². The van der Waals surface area contributed by atoms with Gasteiger partial charge in [-0.05, 0) is 31.4 Å². The number of benzene rings is 1. The van der Waals surface area contributed by atoms with E-state index in [-0.39, 0.29) is 6.10 Å². The van der Waals surface area contributed by atoms with E-state index in [1.807, 2.05) is 30.3 Å². The molecule has 0 aliphatic carbocycles. The van der Waals surface area contributed by atoms with Gasteiger partial charge in [-0.25, -0.2) is 0 Å². The topological polar surface area (TPSA) is 60.2 Å². The average molecular weight is 287 g/mol. The van der Waals surface area contributed by atoms with Gasteiger partial charge in [0.05, 0.1) is 6.10 Å². The van der Waals surface area contributed by atoms with E-state index in [1.54, 1.807) is 0 Å². The summed E-state index contributed by atoms with van der Waals surface area (Å²) in [7, 11) is 0. The Bertz CT molecular complexity index is 535.